The van der Waals surface area contributed by atoms with E-state index in [-0.39, 0.29) is 6.61 Å². The minimum absolute atomic E-state index is 0.0829. The van der Waals surface area contributed by atoms with E-state index < -0.39 is 5.54 Å². The molecule has 1 heterocycles. The molecule has 3 nitrogen and oxygen atoms in total. The molecule has 0 aromatic rings. The van der Waals surface area contributed by atoms with Crippen LogP contribution in [0.5, 0.6) is 0 Å². The molecule has 0 saturated carbocycles. The average Bonchev–Trinajstić information content (AvgIpc) is 2.21. The maximum absolute atomic E-state index is 9.08. The fourth-order valence-electron chi connectivity index (χ4n) is 2.55. The Bertz CT molecular complexity index is 206. The fourth-order valence-corrected chi connectivity index (χ4v) is 2.55. The maximum atomic E-state index is 9.08. The number of nitrogens with two attached hydrogens (primary N) is 1. The van der Waals surface area contributed by atoms with Crippen molar-refractivity contribution in [3.05, 3.63) is 0 Å². The highest BCUT2D eigenvalue weighted by Gasteiger charge is 2.23. The number of likely N-dealkylation sites (tertiary alicyclic amines) is 1. The van der Waals surface area contributed by atoms with Crippen molar-refractivity contribution in [2.75, 3.05) is 19.7 Å². The molecule has 1 fully saturated rings. The van der Waals surface area contributed by atoms with E-state index in [2.05, 4.69) is 18.7 Å². The van der Waals surface area contributed by atoms with Gasteiger partial charge in [-0.15, -0.1) is 0 Å². The van der Waals surface area contributed by atoms with E-state index in [0.717, 1.165) is 25.3 Å². The molecule has 0 amide bonds. The number of hydrogen-bond acceptors (Lipinski definition) is 3. The van der Waals surface area contributed by atoms with Crippen molar-refractivity contribution in [1.82, 2.24) is 4.90 Å². The highest BCUT2D eigenvalue weighted by atomic mass is 16.3. The monoisotopic (exact) mass is 228 g/mol. The molecule has 0 spiro atoms. The highest BCUT2D eigenvalue weighted by molar-refractivity contribution is 4.80. The number of rotatable bonds is 5. The first-order valence-corrected chi connectivity index (χ1v) is 6.58. The standard InChI is InChI=1S/C13H28N2O/c1-11-5-8-15(12(2)9-11)7-4-6-13(3,14)10-16/h11-12,16H,4-10,14H2,1-3H3. The Kier molecular flexibility index (Phi) is 5.22. The molecule has 3 unspecified atom stereocenters. The lowest BCUT2D eigenvalue weighted by Gasteiger charge is -2.37. The Hall–Kier alpha value is -0.120. The van der Waals surface area contributed by atoms with Crippen LogP contribution in [0.25, 0.3) is 0 Å². The number of piperidine rings is 1. The van der Waals surface area contributed by atoms with Gasteiger partial charge in [-0.25, -0.2) is 0 Å². The summed E-state index contributed by atoms with van der Waals surface area (Å²) in [5.74, 6) is 0.878. The second kappa shape index (κ2) is 5.99. The molecule has 16 heavy (non-hydrogen) atoms. The molecule has 1 aliphatic rings. The first-order chi connectivity index (χ1) is 7.44. The molecule has 0 aromatic heterocycles. The van der Waals surface area contributed by atoms with Gasteiger partial charge in [-0.3, -0.25) is 0 Å². The molecule has 0 aromatic carbocycles. The van der Waals surface area contributed by atoms with Gasteiger partial charge in [0.15, 0.2) is 0 Å². The van der Waals surface area contributed by atoms with Gasteiger partial charge in [-0.05, 0) is 58.5 Å². The van der Waals surface area contributed by atoms with Gasteiger partial charge in [0.2, 0.25) is 0 Å². The summed E-state index contributed by atoms with van der Waals surface area (Å²) in [4.78, 5) is 2.56. The Morgan fingerprint density at radius 1 is 1.44 bits per heavy atom. The van der Waals surface area contributed by atoms with Crippen molar-refractivity contribution in [3.63, 3.8) is 0 Å². The van der Waals surface area contributed by atoms with E-state index in [9.17, 15) is 0 Å². The van der Waals surface area contributed by atoms with Gasteiger partial charge in [-0.2, -0.15) is 0 Å². The average molecular weight is 228 g/mol. The van der Waals surface area contributed by atoms with Crippen LogP contribution in [0.3, 0.4) is 0 Å². The zero-order valence-electron chi connectivity index (χ0n) is 11.1. The first-order valence-electron chi connectivity index (χ1n) is 6.58. The van der Waals surface area contributed by atoms with Crippen molar-refractivity contribution in [2.24, 2.45) is 11.7 Å². The third-order valence-corrected chi connectivity index (χ3v) is 3.83. The number of hydrogen-bond donors (Lipinski definition) is 2. The van der Waals surface area contributed by atoms with Crippen molar-refractivity contribution >= 4 is 0 Å². The zero-order chi connectivity index (χ0) is 12.2. The van der Waals surface area contributed by atoms with Gasteiger partial charge < -0.3 is 15.7 Å². The largest absolute Gasteiger partial charge is 0.394 e. The topological polar surface area (TPSA) is 49.5 Å². The summed E-state index contributed by atoms with van der Waals surface area (Å²) in [7, 11) is 0. The Balaban J connectivity index is 2.23. The normalized spacial score (nSPS) is 31.3. The van der Waals surface area contributed by atoms with Gasteiger partial charge >= 0.3 is 0 Å². The van der Waals surface area contributed by atoms with Crippen LogP contribution >= 0.6 is 0 Å². The molecule has 1 rings (SSSR count). The van der Waals surface area contributed by atoms with Crippen molar-refractivity contribution in [2.45, 2.75) is 58.0 Å². The highest BCUT2D eigenvalue weighted by Crippen LogP contribution is 2.22. The van der Waals surface area contributed by atoms with Gasteiger partial charge in [0, 0.05) is 11.6 Å². The summed E-state index contributed by atoms with van der Waals surface area (Å²) in [5, 5.41) is 9.08. The van der Waals surface area contributed by atoms with E-state index in [1.807, 2.05) is 6.92 Å². The summed E-state index contributed by atoms with van der Waals surface area (Å²) in [5.41, 5.74) is 5.52. The summed E-state index contributed by atoms with van der Waals surface area (Å²) in [6.07, 6.45) is 4.64. The quantitative estimate of drug-likeness (QED) is 0.751. The Morgan fingerprint density at radius 2 is 2.12 bits per heavy atom. The summed E-state index contributed by atoms with van der Waals surface area (Å²) in [6.45, 7) is 9.03. The lowest BCUT2D eigenvalue weighted by atomic mass is 9.92. The lowest BCUT2D eigenvalue weighted by molar-refractivity contribution is 0.120. The van der Waals surface area contributed by atoms with Crippen LogP contribution in [-0.4, -0.2) is 41.3 Å². The fraction of sp³-hybridized carbons (Fsp3) is 1.00. The van der Waals surface area contributed by atoms with Crippen molar-refractivity contribution in [3.8, 4) is 0 Å². The lowest BCUT2D eigenvalue weighted by Crippen LogP contribution is -2.43. The SMILES string of the molecule is CC1CCN(CCCC(C)(N)CO)C(C)C1. The molecule has 3 N–H and O–H groups in total. The van der Waals surface area contributed by atoms with E-state index in [4.69, 9.17) is 10.8 Å². The molecule has 3 atom stereocenters. The molecule has 96 valence electrons. The number of nitrogens with zero attached hydrogens (tertiary/aromatic N) is 1. The Labute approximate surface area is 100 Å². The van der Waals surface area contributed by atoms with E-state index >= 15 is 0 Å². The van der Waals surface area contributed by atoms with Gasteiger partial charge in [0.25, 0.3) is 0 Å². The third kappa shape index (κ3) is 4.40. The first kappa shape index (κ1) is 13.9. The number of aliphatic hydroxyl groups is 1. The Morgan fingerprint density at radius 3 is 2.69 bits per heavy atom. The number of aliphatic hydroxyl groups excluding tert-OH is 1. The van der Waals surface area contributed by atoms with Crippen LogP contribution in [0.2, 0.25) is 0 Å². The van der Waals surface area contributed by atoms with Crippen LogP contribution in [0, 0.1) is 5.92 Å². The minimum Gasteiger partial charge on any atom is -0.394 e. The van der Waals surface area contributed by atoms with Gasteiger partial charge in [-0.1, -0.05) is 6.92 Å². The molecule has 1 aliphatic heterocycles. The minimum atomic E-state index is -0.397. The van der Waals surface area contributed by atoms with Crippen LogP contribution in [0.4, 0.5) is 0 Å². The second-order valence-corrected chi connectivity index (χ2v) is 5.93. The third-order valence-electron chi connectivity index (χ3n) is 3.83. The zero-order valence-corrected chi connectivity index (χ0v) is 11.1. The van der Waals surface area contributed by atoms with E-state index in [0.29, 0.717) is 6.04 Å². The summed E-state index contributed by atoms with van der Waals surface area (Å²) < 4.78 is 0. The molecule has 0 radical (unpaired) electrons. The van der Waals surface area contributed by atoms with Crippen molar-refractivity contribution < 1.29 is 5.11 Å². The van der Waals surface area contributed by atoms with Crippen LogP contribution in [0.15, 0.2) is 0 Å². The van der Waals surface area contributed by atoms with Gasteiger partial charge in [0.1, 0.15) is 0 Å². The molecular weight excluding hydrogens is 200 g/mol. The molecule has 3 heteroatoms. The van der Waals surface area contributed by atoms with Crippen molar-refractivity contribution in [1.29, 1.82) is 0 Å². The van der Waals surface area contributed by atoms with Crippen LogP contribution in [-0.2, 0) is 0 Å². The second-order valence-electron chi connectivity index (χ2n) is 5.93. The molecule has 0 aliphatic carbocycles. The van der Waals surface area contributed by atoms with E-state index in [1.165, 1.54) is 19.4 Å². The predicted molar refractivity (Wildman–Crippen MR) is 68.3 cm³/mol. The summed E-state index contributed by atoms with van der Waals surface area (Å²) >= 11 is 0. The smallest absolute Gasteiger partial charge is 0.0608 e. The molecular formula is C13H28N2O. The molecule has 0 bridgehead atoms. The van der Waals surface area contributed by atoms with Crippen LogP contribution < -0.4 is 5.73 Å². The molecule has 1 saturated heterocycles. The van der Waals surface area contributed by atoms with Crippen LogP contribution in [0.1, 0.15) is 46.5 Å². The van der Waals surface area contributed by atoms with E-state index in [1.54, 1.807) is 0 Å². The predicted octanol–water partition coefficient (Wildman–Crippen LogP) is 1.60. The van der Waals surface area contributed by atoms with Gasteiger partial charge in [0.05, 0.1) is 6.61 Å². The summed E-state index contributed by atoms with van der Waals surface area (Å²) in [6, 6.07) is 0.710. The maximum Gasteiger partial charge on any atom is 0.0608 e.